The Hall–Kier alpha value is -2.61. The van der Waals surface area contributed by atoms with E-state index in [0.29, 0.717) is 6.07 Å². The van der Waals surface area contributed by atoms with Gasteiger partial charge >= 0.3 is 6.18 Å². The smallest absolute Gasteiger partial charge is 0.365 e. The zero-order valence-corrected chi connectivity index (χ0v) is 12.1. The molecule has 0 saturated heterocycles. The summed E-state index contributed by atoms with van der Waals surface area (Å²) < 4.78 is 38.0. The SMILES string of the molecule is NC(=O)c1cc(Cl)cnc1NC(=O)c1cccc(C(F)(F)F)c1. The molecule has 2 rings (SSSR count). The highest BCUT2D eigenvalue weighted by molar-refractivity contribution is 6.31. The number of nitrogens with one attached hydrogen (secondary N) is 1. The van der Waals surface area contributed by atoms with Crippen molar-refractivity contribution in [2.75, 3.05) is 5.32 Å². The quantitative estimate of drug-likeness (QED) is 0.898. The minimum atomic E-state index is -4.58. The monoisotopic (exact) mass is 343 g/mol. The minimum Gasteiger partial charge on any atom is -0.365 e. The van der Waals surface area contributed by atoms with E-state index in [0.717, 1.165) is 18.3 Å². The Labute approximate surface area is 133 Å². The Morgan fingerprint density at radius 2 is 1.91 bits per heavy atom. The van der Waals surface area contributed by atoms with Gasteiger partial charge in [-0.25, -0.2) is 4.98 Å². The molecule has 1 aromatic carbocycles. The van der Waals surface area contributed by atoms with E-state index < -0.39 is 23.6 Å². The molecule has 3 N–H and O–H groups in total. The van der Waals surface area contributed by atoms with Gasteiger partial charge in [0.25, 0.3) is 11.8 Å². The number of hydrogen-bond acceptors (Lipinski definition) is 3. The van der Waals surface area contributed by atoms with Gasteiger partial charge < -0.3 is 11.1 Å². The van der Waals surface area contributed by atoms with Gasteiger partial charge in [-0.2, -0.15) is 13.2 Å². The fraction of sp³-hybridized carbons (Fsp3) is 0.0714. The Kier molecular flexibility index (Phi) is 4.55. The van der Waals surface area contributed by atoms with E-state index in [9.17, 15) is 22.8 Å². The molecule has 0 fully saturated rings. The molecule has 2 aromatic rings. The number of anilines is 1. The molecule has 0 spiro atoms. The first-order chi connectivity index (χ1) is 10.7. The van der Waals surface area contributed by atoms with Gasteiger partial charge in [0.05, 0.1) is 16.1 Å². The minimum absolute atomic E-state index is 0.121. The summed E-state index contributed by atoms with van der Waals surface area (Å²) in [6.07, 6.45) is -3.41. The van der Waals surface area contributed by atoms with Crippen molar-refractivity contribution in [3.05, 3.63) is 58.2 Å². The number of aromatic nitrogens is 1. The second-order valence-electron chi connectivity index (χ2n) is 4.45. The molecule has 0 bridgehead atoms. The number of pyridine rings is 1. The summed E-state index contributed by atoms with van der Waals surface area (Å²) in [6, 6.07) is 5.02. The summed E-state index contributed by atoms with van der Waals surface area (Å²) in [5, 5.41) is 2.36. The van der Waals surface area contributed by atoms with Crippen LogP contribution in [0.25, 0.3) is 0 Å². The number of primary amides is 1. The largest absolute Gasteiger partial charge is 0.416 e. The fourth-order valence-corrected chi connectivity index (χ4v) is 1.90. The predicted molar refractivity (Wildman–Crippen MR) is 77.2 cm³/mol. The third-order valence-corrected chi connectivity index (χ3v) is 3.01. The van der Waals surface area contributed by atoms with Gasteiger partial charge in [0.2, 0.25) is 0 Å². The topological polar surface area (TPSA) is 85.1 Å². The van der Waals surface area contributed by atoms with Crippen LogP contribution in [-0.4, -0.2) is 16.8 Å². The van der Waals surface area contributed by atoms with Crippen LogP contribution < -0.4 is 11.1 Å². The van der Waals surface area contributed by atoms with Gasteiger partial charge in [0.15, 0.2) is 0 Å². The number of alkyl halides is 3. The first kappa shape index (κ1) is 16.8. The van der Waals surface area contributed by atoms with E-state index in [-0.39, 0.29) is 22.0 Å². The van der Waals surface area contributed by atoms with Gasteiger partial charge in [0.1, 0.15) is 5.82 Å². The molecule has 5 nitrogen and oxygen atoms in total. The third kappa shape index (κ3) is 3.98. The van der Waals surface area contributed by atoms with Crippen molar-refractivity contribution >= 4 is 29.2 Å². The highest BCUT2D eigenvalue weighted by Gasteiger charge is 2.31. The molecule has 0 radical (unpaired) electrons. The molecule has 0 aliphatic rings. The summed E-state index contributed by atoms with van der Waals surface area (Å²) in [5.41, 5.74) is 3.77. The van der Waals surface area contributed by atoms with Crippen LogP contribution in [0, 0.1) is 0 Å². The van der Waals surface area contributed by atoms with Crippen molar-refractivity contribution < 1.29 is 22.8 Å². The third-order valence-electron chi connectivity index (χ3n) is 2.80. The van der Waals surface area contributed by atoms with Gasteiger partial charge in [-0.15, -0.1) is 0 Å². The van der Waals surface area contributed by atoms with Gasteiger partial charge in [0, 0.05) is 11.8 Å². The lowest BCUT2D eigenvalue weighted by atomic mass is 10.1. The highest BCUT2D eigenvalue weighted by Crippen LogP contribution is 2.29. The Bertz CT molecular complexity index is 778. The van der Waals surface area contributed by atoms with E-state index in [1.54, 1.807) is 0 Å². The standard InChI is InChI=1S/C14H9ClF3N3O2/c15-9-5-10(11(19)22)12(20-6-9)21-13(23)7-2-1-3-8(4-7)14(16,17)18/h1-6H,(H2,19,22)(H,20,21,23). The van der Waals surface area contributed by atoms with Crippen LogP contribution in [0.2, 0.25) is 5.02 Å². The number of benzene rings is 1. The van der Waals surface area contributed by atoms with Gasteiger partial charge in [-0.05, 0) is 24.3 Å². The molecular weight excluding hydrogens is 335 g/mol. The zero-order valence-electron chi connectivity index (χ0n) is 11.3. The summed E-state index contributed by atoms with van der Waals surface area (Å²) >= 11 is 5.68. The molecular formula is C14H9ClF3N3O2. The van der Waals surface area contributed by atoms with Crippen molar-refractivity contribution in [3.8, 4) is 0 Å². The maximum absolute atomic E-state index is 12.7. The zero-order chi connectivity index (χ0) is 17.2. The van der Waals surface area contributed by atoms with Crippen LogP contribution in [0.4, 0.5) is 19.0 Å². The maximum Gasteiger partial charge on any atom is 0.416 e. The Morgan fingerprint density at radius 1 is 1.22 bits per heavy atom. The normalized spacial score (nSPS) is 11.1. The van der Waals surface area contributed by atoms with Crippen molar-refractivity contribution in [2.24, 2.45) is 5.73 Å². The predicted octanol–water partition coefficient (Wildman–Crippen LogP) is 3.11. The van der Waals surface area contributed by atoms with Gasteiger partial charge in [-0.3, -0.25) is 9.59 Å². The first-order valence-corrected chi connectivity index (χ1v) is 6.50. The lowest BCUT2D eigenvalue weighted by Crippen LogP contribution is -2.20. The molecule has 0 unspecified atom stereocenters. The van der Waals surface area contributed by atoms with Crippen LogP contribution in [0.5, 0.6) is 0 Å². The van der Waals surface area contributed by atoms with Crippen molar-refractivity contribution in [2.45, 2.75) is 6.18 Å². The number of rotatable bonds is 3. The second kappa shape index (κ2) is 6.25. The van der Waals surface area contributed by atoms with Crippen molar-refractivity contribution in [3.63, 3.8) is 0 Å². The van der Waals surface area contributed by atoms with E-state index >= 15 is 0 Å². The number of nitrogens with zero attached hydrogens (tertiary/aromatic N) is 1. The van der Waals surface area contributed by atoms with Crippen LogP contribution in [0.1, 0.15) is 26.3 Å². The molecule has 0 saturated carbocycles. The molecule has 1 aromatic heterocycles. The summed E-state index contributed by atoms with van der Waals surface area (Å²) in [6.45, 7) is 0. The number of nitrogens with two attached hydrogens (primary N) is 1. The molecule has 23 heavy (non-hydrogen) atoms. The van der Waals surface area contributed by atoms with Crippen LogP contribution >= 0.6 is 11.6 Å². The summed E-state index contributed by atoms with van der Waals surface area (Å²) in [5.74, 6) is -1.95. The molecule has 0 aliphatic carbocycles. The van der Waals surface area contributed by atoms with E-state index in [2.05, 4.69) is 10.3 Å². The number of carbonyl (C=O) groups excluding carboxylic acids is 2. The Morgan fingerprint density at radius 3 is 2.52 bits per heavy atom. The number of amides is 2. The second-order valence-corrected chi connectivity index (χ2v) is 4.88. The van der Waals surface area contributed by atoms with E-state index in [1.165, 1.54) is 12.1 Å². The lowest BCUT2D eigenvalue weighted by molar-refractivity contribution is -0.137. The summed E-state index contributed by atoms with van der Waals surface area (Å²) in [4.78, 5) is 27.1. The van der Waals surface area contributed by atoms with E-state index in [4.69, 9.17) is 17.3 Å². The summed E-state index contributed by atoms with van der Waals surface area (Å²) in [7, 11) is 0. The number of halogens is 4. The highest BCUT2D eigenvalue weighted by atomic mass is 35.5. The van der Waals surface area contributed by atoms with E-state index in [1.807, 2.05) is 0 Å². The lowest BCUT2D eigenvalue weighted by Gasteiger charge is -2.10. The molecule has 0 aliphatic heterocycles. The van der Waals surface area contributed by atoms with Crippen molar-refractivity contribution in [1.82, 2.24) is 4.98 Å². The van der Waals surface area contributed by atoms with Gasteiger partial charge in [-0.1, -0.05) is 17.7 Å². The van der Waals surface area contributed by atoms with Crippen molar-refractivity contribution in [1.29, 1.82) is 0 Å². The molecule has 9 heteroatoms. The number of carbonyl (C=O) groups is 2. The molecule has 2 amide bonds. The fourth-order valence-electron chi connectivity index (χ4n) is 1.74. The first-order valence-electron chi connectivity index (χ1n) is 6.12. The number of hydrogen-bond donors (Lipinski definition) is 2. The molecule has 120 valence electrons. The molecule has 1 heterocycles. The van der Waals surface area contributed by atoms with Crippen LogP contribution in [0.15, 0.2) is 36.5 Å². The molecule has 0 atom stereocenters. The average Bonchev–Trinajstić information content (AvgIpc) is 2.48. The van der Waals surface area contributed by atoms with Crippen LogP contribution in [-0.2, 0) is 6.18 Å². The Balaban J connectivity index is 2.32. The average molecular weight is 344 g/mol. The van der Waals surface area contributed by atoms with Crippen LogP contribution in [0.3, 0.4) is 0 Å². The maximum atomic E-state index is 12.7.